The molecule has 3 nitrogen and oxygen atoms in total. The fourth-order valence-electron chi connectivity index (χ4n) is 3.06. The van der Waals surface area contributed by atoms with Gasteiger partial charge in [0.2, 0.25) is 0 Å². The van der Waals surface area contributed by atoms with E-state index in [0.717, 1.165) is 57.8 Å². The SMILES string of the molecule is CCCCOC(=O)C(CCCC)(CCCC)Cc1ccccc1.N. The quantitative estimate of drug-likeness (QED) is 0.371. The largest absolute Gasteiger partial charge is 0.465 e. The van der Waals surface area contributed by atoms with E-state index in [-0.39, 0.29) is 17.5 Å². The Bertz CT molecular complexity index is 423. The average molecular weight is 336 g/mol. The first-order chi connectivity index (χ1) is 11.2. The standard InChI is InChI=1S/C21H34O2.H3N/c1-4-7-15-21(16-8-5-2,20(22)23-17-9-6-3)18-19-13-11-10-12-14-19;/h10-14H,4-9,15-18H2,1-3H3;1H3. The molecule has 0 unspecified atom stereocenters. The third-order valence-electron chi connectivity index (χ3n) is 4.57. The molecule has 0 aliphatic rings. The molecule has 3 N–H and O–H groups in total. The minimum atomic E-state index is -0.346. The van der Waals surface area contributed by atoms with Gasteiger partial charge >= 0.3 is 5.97 Å². The van der Waals surface area contributed by atoms with Crippen LogP contribution in [0.2, 0.25) is 0 Å². The van der Waals surface area contributed by atoms with E-state index in [9.17, 15) is 4.79 Å². The van der Waals surface area contributed by atoms with Crippen LogP contribution in [0.1, 0.15) is 77.7 Å². The fraction of sp³-hybridized carbons (Fsp3) is 0.667. The molecule has 0 radical (unpaired) electrons. The Morgan fingerprint density at radius 2 is 1.46 bits per heavy atom. The summed E-state index contributed by atoms with van der Waals surface area (Å²) < 4.78 is 5.68. The number of unbranched alkanes of at least 4 members (excludes halogenated alkanes) is 3. The molecule has 0 aromatic heterocycles. The summed E-state index contributed by atoms with van der Waals surface area (Å²) in [7, 11) is 0. The van der Waals surface area contributed by atoms with Gasteiger partial charge in [-0.2, -0.15) is 0 Å². The monoisotopic (exact) mass is 335 g/mol. The van der Waals surface area contributed by atoms with E-state index < -0.39 is 0 Å². The lowest BCUT2D eigenvalue weighted by Gasteiger charge is -2.32. The number of ether oxygens (including phenoxy) is 1. The van der Waals surface area contributed by atoms with E-state index in [1.165, 1.54) is 5.56 Å². The highest BCUT2D eigenvalue weighted by Crippen LogP contribution is 2.36. The zero-order chi connectivity index (χ0) is 17.0. The second-order valence-corrected chi connectivity index (χ2v) is 6.64. The number of carbonyl (C=O) groups excluding carboxylic acids is 1. The zero-order valence-corrected chi connectivity index (χ0v) is 16.0. The number of carbonyl (C=O) groups is 1. The molecule has 138 valence electrons. The summed E-state index contributed by atoms with van der Waals surface area (Å²) in [5.41, 5.74) is 0.897. The van der Waals surface area contributed by atoms with Crippen LogP contribution in [0.3, 0.4) is 0 Å². The number of esters is 1. The van der Waals surface area contributed by atoms with E-state index in [1.807, 2.05) is 6.07 Å². The van der Waals surface area contributed by atoms with Gasteiger partial charge in [-0.3, -0.25) is 4.79 Å². The molecule has 1 aromatic carbocycles. The molecule has 1 rings (SSSR count). The van der Waals surface area contributed by atoms with Crippen molar-refractivity contribution >= 4 is 5.97 Å². The highest BCUT2D eigenvalue weighted by molar-refractivity contribution is 5.77. The number of hydrogen-bond donors (Lipinski definition) is 1. The van der Waals surface area contributed by atoms with Gasteiger partial charge < -0.3 is 10.9 Å². The van der Waals surface area contributed by atoms with Gasteiger partial charge in [0.15, 0.2) is 0 Å². The molecule has 0 aliphatic heterocycles. The van der Waals surface area contributed by atoms with Gasteiger partial charge in [-0.15, -0.1) is 0 Å². The summed E-state index contributed by atoms with van der Waals surface area (Å²) >= 11 is 0. The molecular formula is C21H37NO2. The van der Waals surface area contributed by atoms with E-state index in [0.29, 0.717) is 6.61 Å². The molecule has 1 aromatic rings. The van der Waals surface area contributed by atoms with Crippen molar-refractivity contribution in [3.05, 3.63) is 35.9 Å². The van der Waals surface area contributed by atoms with Crippen molar-refractivity contribution in [3.63, 3.8) is 0 Å². The van der Waals surface area contributed by atoms with Crippen molar-refractivity contribution in [2.24, 2.45) is 5.41 Å². The fourth-order valence-corrected chi connectivity index (χ4v) is 3.06. The summed E-state index contributed by atoms with van der Waals surface area (Å²) in [6.45, 7) is 7.06. The van der Waals surface area contributed by atoms with Gasteiger partial charge in [-0.05, 0) is 31.2 Å². The van der Waals surface area contributed by atoms with Crippen molar-refractivity contribution in [2.75, 3.05) is 6.61 Å². The lowest BCUT2D eigenvalue weighted by atomic mass is 9.73. The van der Waals surface area contributed by atoms with E-state index >= 15 is 0 Å². The van der Waals surface area contributed by atoms with Crippen molar-refractivity contribution in [1.82, 2.24) is 6.15 Å². The molecule has 0 fully saturated rings. The molecule has 0 amide bonds. The average Bonchev–Trinajstić information content (AvgIpc) is 2.58. The Morgan fingerprint density at radius 1 is 0.917 bits per heavy atom. The first-order valence-electron chi connectivity index (χ1n) is 9.39. The van der Waals surface area contributed by atoms with Crippen molar-refractivity contribution < 1.29 is 9.53 Å². The summed E-state index contributed by atoms with van der Waals surface area (Å²) in [5, 5.41) is 0. The van der Waals surface area contributed by atoms with Crippen LogP contribution in [-0.4, -0.2) is 12.6 Å². The Balaban J connectivity index is 0.00000529. The Morgan fingerprint density at radius 3 is 1.96 bits per heavy atom. The molecule has 3 heteroatoms. The first-order valence-corrected chi connectivity index (χ1v) is 9.39. The minimum Gasteiger partial charge on any atom is -0.465 e. The predicted molar refractivity (Wildman–Crippen MR) is 103 cm³/mol. The van der Waals surface area contributed by atoms with Gasteiger partial charge in [0, 0.05) is 0 Å². The highest BCUT2D eigenvalue weighted by atomic mass is 16.5. The van der Waals surface area contributed by atoms with Gasteiger partial charge in [0.05, 0.1) is 12.0 Å². The van der Waals surface area contributed by atoms with Crippen LogP contribution >= 0.6 is 0 Å². The molecular weight excluding hydrogens is 298 g/mol. The molecule has 0 saturated heterocycles. The van der Waals surface area contributed by atoms with Gasteiger partial charge in [0.1, 0.15) is 0 Å². The summed E-state index contributed by atoms with van der Waals surface area (Å²) in [5.74, 6) is 0.0247. The highest BCUT2D eigenvalue weighted by Gasteiger charge is 2.38. The van der Waals surface area contributed by atoms with E-state index in [1.54, 1.807) is 0 Å². The third kappa shape index (κ3) is 7.48. The molecule has 0 atom stereocenters. The van der Waals surface area contributed by atoms with Crippen LogP contribution in [0.4, 0.5) is 0 Å². The lowest BCUT2D eigenvalue weighted by Crippen LogP contribution is -2.35. The van der Waals surface area contributed by atoms with Crippen LogP contribution in [0.25, 0.3) is 0 Å². The lowest BCUT2D eigenvalue weighted by molar-refractivity contribution is -0.157. The summed E-state index contributed by atoms with van der Waals surface area (Å²) in [6, 6.07) is 10.4. The van der Waals surface area contributed by atoms with Crippen molar-refractivity contribution in [3.8, 4) is 0 Å². The van der Waals surface area contributed by atoms with Crippen LogP contribution in [-0.2, 0) is 16.0 Å². The molecule has 0 heterocycles. The van der Waals surface area contributed by atoms with E-state index in [2.05, 4.69) is 45.0 Å². The number of rotatable bonds is 12. The predicted octanol–water partition coefficient (Wildman–Crippen LogP) is 6.10. The van der Waals surface area contributed by atoms with Crippen molar-refractivity contribution in [2.45, 2.75) is 78.6 Å². The second kappa shape index (κ2) is 13.0. The maximum absolute atomic E-state index is 12.9. The van der Waals surface area contributed by atoms with Gasteiger partial charge in [-0.1, -0.05) is 83.2 Å². The normalized spacial score (nSPS) is 11.0. The van der Waals surface area contributed by atoms with Crippen LogP contribution in [0, 0.1) is 5.41 Å². The summed E-state index contributed by atoms with van der Waals surface area (Å²) in [6.07, 6.45) is 9.08. The van der Waals surface area contributed by atoms with Gasteiger partial charge in [-0.25, -0.2) is 0 Å². The zero-order valence-electron chi connectivity index (χ0n) is 16.0. The molecule has 0 bridgehead atoms. The molecule has 0 aliphatic carbocycles. The van der Waals surface area contributed by atoms with Crippen molar-refractivity contribution in [1.29, 1.82) is 0 Å². The maximum Gasteiger partial charge on any atom is 0.312 e. The number of benzene rings is 1. The third-order valence-corrected chi connectivity index (χ3v) is 4.57. The maximum atomic E-state index is 12.9. The first kappa shape index (κ1) is 22.6. The second-order valence-electron chi connectivity index (χ2n) is 6.64. The van der Waals surface area contributed by atoms with Crippen LogP contribution < -0.4 is 6.15 Å². The Hall–Kier alpha value is -1.35. The molecule has 24 heavy (non-hydrogen) atoms. The number of hydrogen-bond acceptors (Lipinski definition) is 3. The van der Waals surface area contributed by atoms with E-state index in [4.69, 9.17) is 4.74 Å². The van der Waals surface area contributed by atoms with Crippen LogP contribution in [0.5, 0.6) is 0 Å². The van der Waals surface area contributed by atoms with Crippen LogP contribution in [0.15, 0.2) is 30.3 Å². The Labute approximate surface area is 148 Å². The molecule has 0 spiro atoms. The molecule has 0 saturated carbocycles. The van der Waals surface area contributed by atoms with Gasteiger partial charge in [0.25, 0.3) is 0 Å². The Kier molecular flexibility index (Phi) is 12.3. The summed E-state index contributed by atoms with van der Waals surface area (Å²) in [4.78, 5) is 12.9. The topological polar surface area (TPSA) is 61.3 Å². The minimum absolute atomic E-state index is 0. The smallest absolute Gasteiger partial charge is 0.312 e.